The van der Waals surface area contributed by atoms with Crippen molar-refractivity contribution in [3.05, 3.63) is 92.9 Å². The zero-order chi connectivity index (χ0) is 31.5. The molecule has 228 valence electrons. The van der Waals surface area contributed by atoms with Crippen LogP contribution in [0.1, 0.15) is 49.0 Å². The molecular weight excluding hydrogens is 592 g/mol. The van der Waals surface area contributed by atoms with Crippen LogP contribution in [0.15, 0.2) is 60.3 Å². The Morgan fingerprint density at radius 1 is 1.19 bits per heavy atom. The first-order valence-corrected chi connectivity index (χ1v) is 14.9. The SMILES string of the molecule is [C-]#[N+]C(=CC(C)C)C(=O)N1CCC[C@@H]1COC[C@H](NC(=O)c1cc(Cl)ccc1Cl)C(=O)C[C@@H](Cc1ccccc1)B(O)O. The highest BCUT2D eigenvalue weighted by Crippen LogP contribution is 2.24. The predicted molar refractivity (Wildman–Crippen MR) is 167 cm³/mol. The van der Waals surface area contributed by atoms with Crippen LogP contribution in [0, 0.1) is 12.5 Å². The Morgan fingerprint density at radius 2 is 1.91 bits per heavy atom. The Morgan fingerprint density at radius 3 is 2.56 bits per heavy atom. The summed E-state index contributed by atoms with van der Waals surface area (Å²) in [6.07, 6.45) is 3.04. The van der Waals surface area contributed by atoms with E-state index < -0.39 is 30.7 Å². The minimum absolute atomic E-state index is 0.0388. The minimum atomic E-state index is -1.77. The molecule has 0 aromatic heterocycles. The molecule has 12 heteroatoms. The third-order valence-electron chi connectivity index (χ3n) is 7.16. The summed E-state index contributed by atoms with van der Waals surface area (Å²) in [4.78, 5) is 44.7. The van der Waals surface area contributed by atoms with Crippen molar-refractivity contribution in [1.29, 1.82) is 0 Å². The number of nitrogens with one attached hydrogen (secondary N) is 1. The van der Waals surface area contributed by atoms with Crippen molar-refractivity contribution < 1.29 is 29.2 Å². The molecular formula is C31H36BCl2N3O6. The van der Waals surface area contributed by atoms with Gasteiger partial charge in [0.2, 0.25) is 5.70 Å². The molecule has 2 aromatic rings. The first-order valence-electron chi connectivity index (χ1n) is 14.2. The van der Waals surface area contributed by atoms with Gasteiger partial charge in [0.1, 0.15) is 6.04 Å². The van der Waals surface area contributed by atoms with Gasteiger partial charge in [-0.25, -0.2) is 4.85 Å². The molecule has 3 rings (SSSR count). The van der Waals surface area contributed by atoms with Crippen molar-refractivity contribution >= 4 is 47.9 Å². The lowest BCUT2D eigenvalue weighted by atomic mass is 9.66. The topological polar surface area (TPSA) is 121 Å². The number of likely N-dealkylation sites (tertiary alicyclic amines) is 1. The van der Waals surface area contributed by atoms with Crippen LogP contribution in [0.2, 0.25) is 15.9 Å². The van der Waals surface area contributed by atoms with E-state index in [1.54, 1.807) is 11.0 Å². The molecule has 0 bridgehead atoms. The largest absolute Gasteiger partial charge is 0.455 e. The van der Waals surface area contributed by atoms with Gasteiger partial charge >= 0.3 is 7.12 Å². The number of Topliss-reactive ketones (excluding diaryl/α,β-unsaturated/α-hetero) is 1. The second-order valence-corrected chi connectivity index (χ2v) is 11.8. The van der Waals surface area contributed by atoms with E-state index in [1.807, 2.05) is 44.2 Å². The second kappa shape index (κ2) is 16.6. The van der Waals surface area contributed by atoms with Gasteiger partial charge in [0, 0.05) is 23.8 Å². The van der Waals surface area contributed by atoms with Crippen molar-refractivity contribution in [2.75, 3.05) is 19.8 Å². The molecule has 3 N–H and O–H groups in total. The fourth-order valence-electron chi connectivity index (χ4n) is 4.94. The smallest absolute Gasteiger partial charge is 0.427 e. The summed E-state index contributed by atoms with van der Waals surface area (Å²) in [5, 5.41) is 23.2. The van der Waals surface area contributed by atoms with E-state index in [0.717, 1.165) is 12.0 Å². The second-order valence-electron chi connectivity index (χ2n) is 10.9. The lowest BCUT2D eigenvalue weighted by molar-refractivity contribution is -0.129. The summed E-state index contributed by atoms with van der Waals surface area (Å²) in [5.74, 6) is -2.25. The number of ketones is 1. The van der Waals surface area contributed by atoms with E-state index in [1.165, 1.54) is 18.2 Å². The van der Waals surface area contributed by atoms with Crippen molar-refractivity contribution in [3.63, 3.8) is 0 Å². The molecule has 2 amide bonds. The lowest BCUT2D eigenvalue weighted by Gasteiger charge is -2.26. The molecule has 1 aliphatic heterocycles. The van der Waals surface area contributed by atoms with Crippen LogP contribution < -0.4 is 5.32 Å². The van der Waals surface area contributed by atoms with E-state index in [-0.39, 0.29) is 65.2 Å². The van der Waals surface area contributed by atoms with Crippen LogP contribution in [0.5, 0.6) is 0 Å². The fraction of sp³-hybridized carbons (Fsp3) is 0.419. The Bertz CT molecular complexity index is 1350. The van der Waals surface area contributed by atoms with Crippen LogP contribution >= 0.6 is 23.2 Å². The molecule has 3 atom stereocenters. The molecule has 0 spiro atoms. The number of carbonyl (C=O) groups is 3. The maximum atomic E-state index is 13.5. The molecule has 1 saturated heterocycles. The average molecular weight is 628 g/mol. The van der Waals surface area contributed by atoms with E-state index >= 15 is 0 Å². The molecule has 1 heterocycles. The van der Waals surface area contributed by atoms with Gasteiger partial charge in [0.25, 0.3) is 11.8 Å². The molecule has 43 heavy (non-hydrogen) atoms. The first kappa shape index (κ1) is 34.3. The summed E-state index contributed by atoms with van der Waals surface area (Å²) in [6.45, 7) is 11.6. The van der Waals surface area contributed by atoms with Gasteiger partial charge in [-0.15, -0.1) is 0 Å². The summed E-state index contributed by atoms with van der Waals surface area (Å²) in [6, 6.07) is 12.1. The molecule has 0 aliphatic carbocycles. The van der Waals surface area contributed by atoms with Crippen molar-refractivity contribution in [2.24, 2.45) is 5.92 Å². The van der Waals surface area contributed by atoms with Crippen LogP contribution in [0.3, 0.4) is 0 Å². The normalized spacial score (nSPS) is 16.5. The van der Waals surface area contributed by atoms with Gasteiger partial charge in [-0.3, -0.25) is 14.4 Å². The van der Waals surface area contributed by atoms with Crippen LogP contribution in [-0.4, -0.2) is 71.5 Å². The summed E-state index contributed by atoms with van der Waals surface area (Å²) in [7, 11) is -1.77. The van der Waals surface area contributed by atoms with Crippen LogP contribution in [-0.2, 0) is 20.7 Å². The lowest BCUT2D eigenvalue weighted by Crippen LogP contribution is -2.46. The van der Waals surface area contributed by atoms with Crippen molar-refractivity contribution in [3.8, 4) is 0 Å². The third-order valence-corrected chi connectivity index (χ3v) is 7.72. The van der Waals surface area contributed by atoms with Gasteiger partial charge in [-0.05, 0) is 48.9 Å². The van der Waals surface area contributed by atoms with Gasteiger partial charge in [0.05, 0.1) is 36.4 Å². The minimum Gasteiger partial charge on any atom is -0.427 e. The molecule has 0 saturated carbocycles. The number of benzene rings is 2. The maximum absolute atomic E-state index is 13.5. The van der Waals surface area contributed by atoms with E-state index in [4.69, 9.17) is 34.5 Å². The zero-order valence-corrected chi connectivity index (χ0v) is 25.7. The molecule has 0 radical (unpaired) electrons. The number of nitrogens with zero attached hydrogens (tertiary/aromatic N) is 2. The Hall–Kier alpha value is -3.20. The molecule has 0 unspecified atom stereocenters. The summed E-state index contributed by atoms with van der Waals surface area (Å²) in [5.41, 5.74) is 0.964. The van der Waals surface area contributed by atoms with Crippen LogP contribution in [0.4, 0.5) is 0 Å². The first-order chi connectivity index (χ1) is 20.5. The van der Waals surface area contributed by atoms with Gasteiger partial charge < -0.3 is 25.0 Å². The molecule has 9 nitrogen and oxygen atoms in total. The molecule has 1 fully saturated rings. The highest BCUT2D eigenvalue weighted by Gasteiger charge is 2.33. The van der Waals surface area contributed by atoms with Crippen molar-refractivity contribution in [1.82, 2.24) is 10.2 Å². The quantitative estimate of drug-likeness (QED) is 0.160. The summed E-state index contributed by atoms with van der Waals surface area (Å²) >= 11 is 12.3. The Balaban J connectivity index is 1.74. The maximum Gasteiger partial charge on any atom is 0.455 e. The number of carbonyl (C=O) groups excluding carboxylic acids is 3. The monoisotopic (exact) mass is 627 g/mol. The highest BCUT2D eigenvalue weighted by atomic mass is 35.5. The number of hydrogen-bond acceptors (Lipinski definition) is 6. The van der Waals surface area contributed by atoms with Crippen molar-refractivity contribution in [2.45, 2.75) is 57.4 Å². The number of amides is 2. The number of allylic oxidation sites excluding steroid dienone is 1. The fourth-order valence-corrected chi connectivity index (χ4v) is 5.32. The summed E-state index contributed by atoms with van der Waals surface area (Å²) < 4.78 is 5.92. The van der Waals surface area contributed by atoms with Gasteiger partial charge in [-0.1, -0.05) is 73.5 Å². The molecule has 2 aromatic carbocycles. The average Bonchev–Trinajstić information content (AvgIpc) is 3.44. The predicted octanol–water partition coefficient (Wildman–Crippen LogP) is 4.60. The van der Waals surface area contributed by atoms with Crippen LogP contribution in [0.25, 0.3) is 4.85 Å². The number of halogens is 2. The Kier molecular flexibility index (Phi) is 13.2. The number of ether oxygens (including phenoxy) is 1. The number of hydrogen-bond donors (Lipinski definition) is 3. The standard InChI is InChI=1S/C31H36BCl2N3O6/c1-20(2)14-27(35-3)31(40)37-13-7-10-24(37)18-43-19-28(36-30(39)25-17-23(33)11-12-26(25)34)29(38)16-22(32(41)42)15-21-8-5-4-6-9-21/h4-6,8-9,11-12,14,17,20,22,24,28,41-42H,7,10,13,15-16,18-19H2,1-2H3,(H,36,39)/t22-,24-,28+/m1/s1. The molecule has 1 aliphatic rings. The van der Waals surface area contributed by atoms with E-state index in [0.29, 0.717) is 13.0 Å². The third kappa shape index (κ3) is 10.2. The van der Waals surface area contributed by atoms with Gasteiger partial charge in [0.15, 0.2) is 5.78 Å². The Labute approximate surface area is 262 Å². The van der Waals surface area contributed by atoms with Gasteiger partial charge in [-0.2, -0.15) is 0 Å². The highest BCUT2D eigenvalue weighted by molar-refractivity contribution is 6.43. The zero-order valence-electron chi connectivity index (χ0n) is 24.2. The van der Waals surface area contributed by atoms with E-state index in [9.17, 15) is 24.4 Å². The van der Waals surface area contributed by atoms with E-state index in [2.05, 4.69) is 10.2 Å². The number of rotatable bonds is 14.